The summed E-state index contributed by atoms with van der Waals surface area (Å²) in [6.45, 7) is 7.64. The van der Waals surface area contributed by atoms with Gasteiger partial charge in [-0.15, -0.1) is 0 Å². The molecule has 0 aliphatic rings. The molecule has 1 unspecified atom stereocenters. The highest BCUT2D eigenvalue weighted by Crippen LogP contribution is 2.14. The molecule has 5 nitrogen and oxygen atoms in total. The second-order valence-electron chi connectivity index (χ2n) is 17.8. The number of allylic oxidation sites excluding steroid dienone is 14. The molecule has 0 saturated heterocycles. The summed E-state index contributed by atoms with van der Waals surface area (Å²) in [6.07, 6.45) is 71.8. The van der Waals surface area contributed by atoms with E-state index < -0.39 is 6.10 Å². The Morgan fingerprint density at radius 3 is 1.19 bits per heavy atom. The highest BCUT2D eigenvalue weighted by atomic mass is 16.6. The summed E-state index contributed by atoms with van der Waals surface area (Å²) in [6, 6.07) is 0. The number of carbonyl (C=O) groups is 2. The summed E-state index contributed by atoms with van der Waals surface area (Å²) in [5.74, 6) is -0.492. The Hall–Kier alpha value is -2.92. The number of ether oxygens (including phenoxy) is 3. The van der Waals surface area contributed by atoms with Crippen LogP contribution in [0.15, 0.2) is 85.1 Å². The lowest BCUT2D eigenvalue weighted by Crippen LogP contribution is -2.30. The van der Waals surface area contributed by atoms with Gasteiger partial charge in [-0.05, 0) is 83.5 Å². The SMILES string of the molecule is CC/C=C\C/C=C\C/C=C\C/C=C\C/C=C\C/C=C\CCC(=O)OCC(COCCCCCCCCCCCC)OC(=O)CCCCCCCCCCC/C=C\CCCCCCCC. The van der Waals surface area contributed by atoms with E-state index in [1.54, 1.807) is 0 Å². The van der Waals surface area contributed by atoms with E-state index >= 15 is 0 Å². The fourth-order valence-corrected chi connectivity index (χ4v) is 7.41. The first-order chi connectivity index (χ1) is 31.6. The van der Waals surface area contributed by atoms with Gasteiger partial charge in [0, 0.05) is 19.4 Å². The zero-order valence-corrected chi connectivity index (χ0v) is 42.3. The number of esters is 2. The molecule has 0 spiro atoms. The molecule has 1 atom stereocenters. The van der Waals surface area contributed by atoms with Crippen LogP contribution in [-0.4, -0.2) is 37.9 Å². The predicted octanol–water partition coefficient (Wildman–Crippen LogP) is 18.5. The van der Waals surface area contributed by atoms with E-state index in [-0.39, 0.29) is 25.2 Å². The molecule has 0 aromatic heterocycles. The van der Waals surface area contributed by atoms with Crippen molar-refractivity contribution in [2.45, 2.75) is 258 Å². The Balaban J connectivity index is 4.31. The van der Waals surface area contributed by atoms with Crippen molar-refractivity contribution >= 4 is 11.9 Å². The summed E-state index contributed by atoms with van der Waals surface area (Å²) in [7, 11) is 0. The van der Waals surface area contributed by atoms with Crippen molar-refractivity contribution in [1.82, 2.24) is 0 Å². The average Bonchev–Trinajstić information content (AvgIpc) is 3.30. The van der Waals surface area contributed by atoms with E-state index in [4.69, 9.17) is 14.2 Å². The van der Waals surface area contributed by atoms with Crippen molar-refractivity contribution in [2.24, 2.45) is 0 Å². The normalized spacial score (nSPS) is 12.9. The first-order valence-corrected chi connectivity index (χ1v) is 27.1. The number of unbranched alkanes of at least 4 members (excludes halogenated alkanes) is 24. The monoisotopic (exact) mass is 891 g/mol. The first kappa shape index (κ1) is 61.1. The van der Waals surface area contributed by atoms with E-state index in [9.17, 15) is 9.59 Å². The Morgan fingerprint density at radius 2 is 0.734 bits per heavy atom. The third-order valence-corrected chi connectivity index (χ3v) is 11.4. The van der Waals surface area contributed by atoms with E-state index in [1.807, 2.05) is 6.08 Å². The number of carbonyl (C=O) groups excluding carboxylic acids is 2. The van der Waals surface area contributed by atoms with Gasteiger partial charge in [0.15, 0.2) is 6.10 Å². The Bertz CT molecular complexity index is 1190. The summed E-state index contributed by atoms with van der Waals surface area (Å²) >= 11 is 0. The summed E-state index contributed by atoms with van der Waals surface area (Å²) < 4.78 is 17.3. The van der Waals surface area contributed by atoms with E-state index in [0.29, 0.717) is 25.9 Å². The third-order valence-electron chi connectivity index (χ3n) is 11.4. The van der Waals surface area contributed by atoms with Crippen molar-refractivity contribution in [2.75, 3.05) is 19.8 Å². The molecule has 5 heteroatoms. The first-order valence-electron chi connectivity index (χ1n) is 27.1. The van der Waals surface area contributed by atoms with Gasteiger partial charge in [-0.3, -0.25) is 9.59 Å². The molecule has 0 amide bonds. The molecule has 0 aliphatic heterocycles. The number of hydrogen-bond acceptors (Lipinski definition) is 5. The van der Waals surface area contributed by atoms with Crippen molar-refractivity contribution in [3.63, 3.8) is 0 Å². The molecule has 0 aliphatic carbocycles. The molecule has 0 N–H and O–H groups in total. The highest BCUT2D eigenvalue weighted by Gasteiger charge is 2.17. The topological polar surface area (TPSA) is 61.8 Å². The zero-order chi connectivity index (χ0) is 46.3. The van der Waals surface area contributed by atoms with E-state index in [0.717, 1.165) is 70.6 Å². The second-order valence-corrected chi connectivity index (χ2v) is 17.8. The Kier molecular flexibility index (Phi) is 51.9. The maximum atomic E-state index is 12.8. The largest absolute Gasteiger partial charge is 0.462 e. The van der Waals surface area contributed by atoms with Crippen LogP contribution >= 0.6 is 0 Å². The fraction of sp³-hybridized carbons (Fsp3) is 0.729. The molecule has 0 bridgehead atoms. The molecule has 0 aromatic rings. The molecule has 0 radical (unpaired) electrons. The van der Waals surface area contributed by atoms with Crippen LogP contribution in [0.1, 0.15) is 252 Å². The fourth-order valence-electron chi connectivity index (χ4n) is 7.41. The summed E-state index contributed by atoms with van der Waals surface area (Å²) in [4.78, 5) is 25.4. The van der Waals surface area contributed by atoms with Crippen molar-refractivity contribution < 1.29 is 23.8 Å². The van der Waals surface area contributed by atoms with Crippen molar-refractivity contribution in [3.8, 4) is 0 Å². The summed E-state index contributed by atoms with van der Waals surface area (Å²) in [5, 5.41) is 0. The molecule has 0 rings (SSSR count). The lowest BCUT2D eigenvalue weighted by Gasteiger charge is -2.18. The van der Waals surface area contributed by atoms with Gasteiger partial charge in [-0.25, -0.2) is 0 Å². The lowest BCUT2D eigenvalue weighted by atomic mass is 10.1. The van der Waals surface area contributed by atoms with Crippen molar-refractivity contribution in [3.05, 3.63) is 85.1 Å². The molecule has 0 heterocycles. The van der Waals surface area contributed by atoms with Crippen LogP contribution < -0.4 is 0 Å². The minimum Gasteiger partial charge on any atom is -0.462 e. The molecular weight excluding hydrogens is 789 g/mol. The van der Waals surface area contributed by atoms with Gasteiger partial charge in [0.2, 0.25) is 0 Å². The standard InChI is InChI=1S/C59H102O5/c1-4-7-10-13-16-19-22-24-26-28-30-32-34-36-38-40-43-46-49-52-58(60)63-56-57(55-62-54-51-48-45-42-21-18-15-12-9-6-3)64-59(61)53-50-47-44-41-39-37-35-33-31-29-27-25-23-20-17-14-11-8-5-2/h7,10,16,19,24-27,30,32,36,38,43,46,57H,4-6,8-9,11-15,17-18,20-23,28-29,31,33-35,37,39-42,44-45,47-56H2,1-3H3/b10-7-,19-16-,26-24-,27-25-,32-30-,38-36-,46-43-. The molecular formula is C59H102O5. The Morgan fingerprint density at radius 1 is 0.359 bits per heavy atom. The van der Waals surface area contributed by atoms with Crippen LogP contribution in [0.25, 0.3) is 0 Å². The van der Waals surface area contributed by atoms with Crippen LogP contribution in [0.2, 0.25) is 0 Å². The maximum absolute atomic E-state index is 12.8. The van der Waals surface area contributed by atoms with Crippen LogP contribution in [0.3, 0.4) is 0 Å². The zero-order valence-electron chi connectivity index (χ0n) is 42.3. The Labute approximate surface area is 397 Å². The van der Waals surface area contributed by atoms with E-state index in [1.165, 1.54) is 141 Å². The van der Waals surface area contributed by atoms with Gasteiger partial charge in [-0.2, -0.15) is 0 Å². The van der Waals surface area contributed by atoms with Gasteiger partial charge in [-0.1, -0.05) is 241 Å². The molecule has 64 heavy (non-hydrogen) atoms. The molecule has 368 valence electrons. The predicted molar refractivity (Wildman–Crippen MR) is 279 cm³/mol. The third kappa shape index (κ3) is 51.7. The highest BCUT2D eigenvalue weighted by molar-refractivity contribution is 5.70. The van der Waals surface area contributed by atoms with Gasteiger partial charge >= 0.3 is 11.9 Å². The lowest BCUT2D eigenvalue weighted by molar-refractivity contribution is -0.162. The molecule has 0 fully saturated rings. The number of rotatable bonds is 49. The quantitative estimate of drug-likeness (QED) is 0.0346. The van der Waals surface area contributed by atoms with Crippen molar-refractivity contribution in [1.29, 1.82) is 0 Å². The van der Waals surface area contributed by atoms with Gasteiger partial charge < -0.3 is 14.2 Å². The van der Waals surface area contributed by atoms with Gasteiger partial charge in [0.25, 0.3) is 0 Å². The smallest absolute Gasteiger partial charge is 0.306 e. The number of hydrogen-bond donors (Lipinski definition) is 0. The van der Waals surface area contributed by atoms with Gasteiger partial charge in [0.05, 0.1) is 6.61 Å². The van der Waals surface area contributed by atoms with Crippen LogP contribution in [-0.2, 0) is 23.8 Å². The van der Waals surface area contributed by atoms with Gasteiger partial charge in [0.1, 0.15) is 6.61 Å². The van der Waals surface area contributed by atoms with Crippen LogP contribution in [0.5, 0.6) is 0 Å². The van der Waals surface area contributed by atoms with E-state index in [2.05, 4.69) is 99.8 Å². The summed E-state index contributed by atoms with van der Waals surface area (Å²) in [5.41, 5.74) is 0. The molecule has 0 saturated carbocycles. The average molecular weight is 891 g/mol. The minimum absolute atomic E-state index is 0.0435. The maximum Gasteiger partial charge on any atom is 0.306 e. The van der Waals surface area contributed by atoms with Crippen LogP contribution in [0.4, 0.5) is 0 Å². The molecule has 0 aromatic carbocycles. The minimum atomic E-state index is -0.568. The van der Waals surface area contributed by atoms with Crippen LogP contribution in [0, 0.1) is 0 Å². The second kappa shape index (κ2) is 54.4.